The van der Waals surface area contributed by atoms with Crippen LogP contribution in [0.5, 0.6) is 0 Å². The number of aromatic nitrogens is 1. The van der Waals surface area contributed by atoms with Gasteiger partial charge in [-0.3, -0.25) is 0 Å². The van der Waals surface area contributed by atoms with E-state index in [1.54, 1.807) is 11.3 Å². The summed E-state index contributed by atoms with van der Waals surface area (Å²) in [4.78, 5) is 4.18. The molecular formula is C10H9ClN2S. The highest BCUT2D eigenvalue weighted by Gasteiger charge is 1.95. The topological polar surface area (TPSA) is 24.9 Å². The number of benzene rings is 1. The Bertz CT molecular complexity index is 400. The molecular weight excluding hydrogens is 216 g/mol. The Morgan fingerprint density at radius 3 is 3.07 bits per heavy atom. The van der Waals surface area contributed by atoms with Gasteiger partial charge in [0.1, 0.15) is 0 Å². The lowest BCUT2D eigenvalue weighted by molar-refractivity contribution is 1.07. The first-order valence-electron chi connectivity index (χ1n) is 4.21. The van der Waals surface area contributed by atoms with Crippen LogP contribution < -0.4 is 5.32 Å². The highest BCUT2D eigenvalue weighted by atomic mass is 35.5. The first-order chi connectivity index (χ1) is 6.84. The summed E-state index contributed by atoms with van der Waals surface area (Å²) in [5.74, 6) is 0. The van der Waals surface area contributed by atoms with Gasteiger partial charge in [-0.25, -0.2) is 4.98 Å². The number of hydrogen-bond acceptors (Lipinski definition) is 3. The van der Waals surface area contributed by atoms with Crippen molar-refractivity contribution >= 4 is 28.6 Å². The van der Waals surface area contributed by atoms with Crippen molar-refractivity contribution in [2.75, 3.05) is 5.32 Å². The fraction of sp³-hybridized carbons (Fsp3) is 0.100. The molecule has 2 nitrogen and oxygen atoms in total. The molecule has 1 aromatic carbocycles. The summed E-state index contributed by atoms with van der Waals surface area (Å²) < 4.78 is 0. The molecule has 14 heavy (non-hydrogen) atoms. The van der Waals surface area contributed by atoms with Gasteiger partial charge in [0.25, 0.3) is 0 Å². The van der Waals surface area contributed by atoms with Gasteiger partial charge >= 0.3 is 0 Å². The molecule has 0 aliphatic heterocycles. The van der Waals surface area contributed by atoms with Gasteiger partial charge in [0.05, 0.1) is 17.7 Å². The van der Waals surface area contributed by atoms with Crippen LogP contribution in [0.1, 0.15) is 5.69 Å². The van der Waals surface area contributed by atoms with E-state index in [1.165, 1.54) is 0 Å². The average molecular weight is 225 g/mol. The first kappa shape index (κ1) is 9.49. The maximum Gasteiger partial charge on any atom is 0.0795 e. The molecule has 0 amide bonds. The van der Waals surface area contributed by atoms with Gasteiger partial charge in [-0.2, -0.15) is 0 Å². The number of anilines is 1. The Morgan fingerprint density at radius 1 is 1.43 bits per heavy atom. The van der Waals surface area contributed by atoms with Gasteiger partial charge in [-0.1, -0.05) is 17.7 Å². The molecule has 0 atom stereocenters. The van der Waals surface area contributed by atoms with E-state index in [1.807, 2.05) is 35.2 Å². The number of thiazole rings is 1. The van der Waals surface area contributed by atoms with Gasteiger partial charge in [0, 0.05) is 16.1 Å². The average Bonchev–Trinajstić information content (AvgIpc) is 2.67. The molecule has 0 aliphatic carbocycles. The van der Waals surface area contributed by atoms with E-state index < -0.39 is 0 Å². The fourth-order valence-electron chi connectivity index (χ4n) is 1.12. The molecule has 0 unspecified atom stereocenters. The molecule has 1 aromatic heterocycles. The van der Waals surface area contributed by atoms with Crippen LogP contribution in [-0.4, -0.2) is 4.98 Å². The minimum absolute atomic E-state index is 0.740. The quantitative estimate of drug-likeness (QED) is 0.865. The number of nitrogens with one attached hydrogen (secondary N) is 1. The normalized spacial score (nSPS) is 10.1. The minimum Gasteiger partial charge on any atom is -0.379 e. The van der Waals surface area contributed by atoms with Crippen molar-refractivity contribution in [2.24, 2.45) is 0 Å². The van der Waals surface area contributed by atoms with E-state index >= 15 is 0 Å². The molecule has 0 saturated carbocycles. The van der Waals surface area contributed by atoms with Crippen LogP contribution in [0, 0.1) is 0 Å². The van der Waals surface area contributed by atoms with Gasteiger partial charge < -0.3 is 5.32 Å². The van der Waals surface area contributed by atoms with Crippen molar-refractivity contribution in [3.63, 3.8) is 0 Å². The van der Waals surface area contributed by atoms with Crippen molar-refractivity contribution in [3.8, 4) is 0 Å². The monoisotopic (exact) mass is 224 g/mol. The number of nitrogens with zero attached hydrogens (tertiary/aromatic N) is 1. The molecule has 2 rings (SSSR count). The third kappa shape index (κ3) is 2.47. The molecule has 72 valence electrons. The Balaban J connectivity index is 1.98. The van der Waals surface area contributed by atoms with Gasteiger partial charge in [-0.05, 0) is 18.2 Å². The lowest BCUT2D eigenvalue weighted by Gasteiger charge is -2.03. The summed E-state index contributed by atoms with van der Waals surface area (Å²) in [5, 5.41) is 6.02. The van der Waals surface area contributed by atoms with Crippen molar-refractivity contribution in [3.05, 3.63) is 45.9 Å². The largest absolute Gasteiger partial charge is 0.379 e. The highest BCUT2D eigenvalue weighted by molar-refractivity contribution is 7.07. The van der Waals surface area contributed by atoms with Crippen LogP contribution >= 0.6 is 22.9 Å². The zero-order valence-electron chi connectivity index (χ0n) is 7.40. The van der Waals surface area contributed by atoms with Crippen molar-refractivity contribution in [2.45, 2.75) is 6.54 Å². The third-order valence-corrected chi connectivity index (χ3v) is 2.65. The van der Waals surface area contributed by atoms with E-state index in [9.17, 15) is 0 Å². The van der Waals surface area contributed by atoms with E-state index in [2.05, 4.69) is 10.3 Å². The molecule has 0 radical (unpaired) electrons. The molecule has 0 fully saturated rings. The Hall–Kier alpha value is -1.06. The first-order valence-corrected chi connectivity index (χ1v) is 5.53. The van der Waals surface area contributed by atoms with Crippen molar-refractivity contribution in [1.82, 2.24) is 4.98 Å². The zero-order chi connectivity index (χ0) is 9.80. The third-order valence-electron chi connectivity index (χ3n) is 1.78. The second-order valence-electron chi connectivity index (χ2n) is 2.84. The number of rotatable bonds is 3. The predicted molar refractivity (Wildman–Crippen MR) is 60.9 cm³/mol. The molecule has 0 spiro atoms. The molecule has 0 saturated heterocycles. The van der Waals surface area contributed by atoms with Gasteiger partial charge in [-0.15, -0.1) is 11.3 Å². The molecule has 0 aliphatic rings. The molecule has 2 aromatic rings. The summed E-state index contributed by atoms with van der Waals surface area (Å²) in [6.45, 7) is 0.740. The van der Waals surface area contributed by atoms with Crippen LogP contribution in [0.2, 0.25) is 5.02 Å². The standard InChI is InChI=1S/C10H9ClN2S/c11-8-2-1-3-9(4-8)12-5-10-6-14-7-13-10/h1-4,6-7,12H,5H2. The highest BCUT2D eigenvalue weighted by Crippen LogP contribution is 2.15. The van der Waals surface area contributed by atoms with E-state index in [0.29, 0.717) is 0 Å². The van der Waals surface area contributed by atoms with Crippen LogP contribution in [0.15, 0.2) is 35.2 Å². The summed E-state index contributed by atoms with van der Waals surface area (Å²) in [6, 6.07) is 7.66. The van der Waals surface area contributed by atoms with Crippen LogP contribution in [0.4, 0.5) is 5.69 Å². The van der Waals surface area contributed by atoms with Crippen molar-refractivity contribution in [1.29, 1.82) is 0 Å². The fourth-order valence-corrected chi connectivity index (χ4v) is 1.86. The SMILES string of the molecule is Clc1cccc(NCc2cscn2)c1. The maximum atomic E-state index is 5.85. The lowest BCUT2D eigenvalue weighted by Crippen LogP contribution is -1.98. The van der Waals surface area contributed by atoms with E-state index in [-0.39, 0.29) is 0 Å². The predicted octanol–water partition coefficient (Wildman–Crippen LogP) is 3.41. The van der Waals surface area contributed by atoms with E-state index in [4.69, 9.17) is 11.6 Å². The Labute approximate surface area is 91.6 Å². The summed E-state index contributed by atoms with van der Waals surface area (Å²) in [5.41, 5.74) is 3.90. The van der Waals surface area contributed by atoms with Crippen LogP contribution in [-0.2, 0) is 6.54 Å². The van der Waals surface area contributed by atoms with Crippen LogP contribution in [0.25, 0.3) is 0 Å². The number of halogens is 1. The van der Waals surface area contributed by atoms with Gasteiger partial charge in [0.15, 0.2) is 0 Å². The summed E-state index contributed by atoms with van der Waals surface area (Å²) in [6.07, 6.45) is 0. The molecule has 1 heterocycles. The zero-order valence-corrected chi connectivity index (χ0v) is 8.98. The smallest absolute Gasteiger partial charge is 0.0795 e. The molecule has 1 N–H and O–H groups in total. The van der Waals surface area contributed by atoms with Gasteiger partial charge in [0.2, 0.25) is 0 Å². The van der Waals surface area contributed by atoms with E-state index in [0.717, 1.165) is 22.9 Å². The molecule has 0 bridgehead atoms. The second kappa shape index (κ2) is 4.44. The minimum atomic E-state index is 0.740. The molecule has 4 heteroatoms. The number of hydrogen-bond donors (Lipinski definition) is 1. The van der Waals surface area contributed by atoms with Crippen molar-refractivity contribution < 1.29 is 0 Å². The second-order valence-corrected chi connectivity index (χ2v) is 4.00. The lowest BCUT2D eigenvalue weighted by atomic mass is 10.3. The van der Waals surface area contributed by atoms with Crippen LogP contribution in [0.3, 0.4) is 0 Å². The summed E-state index contributed by atoms with van der Waals surface area (Å²) in [7, 11) is 0. The maximum absolute atomic E-state index is 5.85. The summed E-state index contributed by atoms with van der Waals surface area (Å²) >= 11 is 7.45. The Kier molecular flexibility index (Phi) is 3.01. The Morgan fingerprint density at radius 2 is 2.36 bits per heavy atom.